The number of rotatable bonds is 10. The molecule has 2 saturated heterocycles. The highest BCUT2D eigenvalue weighted by molar-refractivity contribution is 5.95. The second kappa shape index (κ2) is 13.5. The summed E-state index contributed by atoms with van der Waals surface area (Å²) in [4.78, 5) is 57.3. The molecule has 0 bridgehead atoms. The molecule has 244 valence electrons. The van der Waals surface area contributed by atoms with E-state index < -0.39 is 28.9 Å². The number of carbonyl (C=O) groups excluding carboxylic acids is 4. The molecular weight excluding hydrogens is 584 g/mol. The molecule has 1 spiro atoms. The maximum Gasteiger partial charge on any atom is 0.257 e. The Kier molecular flexibility index (Phi) is 9.62. The third kappa shape index (κ3) is 7.14. The first-order valence-corrected chi connectivity index (χ1v) is 15.7. The third-order valence-electron chi connectivity index (χ3n) is 8.91. The SMILES string of the molecule is CNC(=O)[C@@H](NC(=O)[C@H]1CN(C(=O)c2cnn(Cc3ccccc3)c2)CC12CN(C(=O)C(C)(C)C)C2)[C@@H](C)OCc1ccccc1. The van der Waals surface area contributed by atoms with Crippen LogP contribution in [-0.2, 0) is 32.3 Å². The van der Waals surface area contributed by atoms with Gasteiger partial charge in [-0.1, -0.05) is 81.4 Å². The molecule has 4 amide bonds. The van der Waals surface area contributed by atoms with Gasteiger partial charge in [-0.05, 0) is 18.1 Å². The van der Waals surface area contributed by atoms with Gasteiger partial charge < -0.3 is 25.2 Å². The van der Waals surface area contributed by atoms with Crippen molar-refractivity contribution in [2.75, 3.05) is 33.2 Å². The average molecular weight is 629 g/mol. The van der Waals surface area contributed by atoms with E-state index in [1.165, 1.54) is 7.05 Å². The molecule has 11 heteroatoms. The van der Waals surface area contributed by atoms with Crippen molar-refractivity contribution in [2.45, 2.75) is 53.0 Å². The fourth-order valence-electron chi connectivity index (χ4n) is 6.35. The third-order valence-corrected chi connectivity index (χ3v) is 8.91. The summed E-state index contributed by atoms with van der Waals surface area (Å²) in [6.45, 7) is 9.33. The molecule has 2 aliphatic heterocycles. The number of aromatic nitrogens is 2. The zero-order valence-electron chi connectivity index (χ0n) is 27.2. The lowest BCUT2D eigenvalue weighted by Crippen LogP contribution is -2.66. The van der Waals surface area contributed by atoms with Gasteiger partial charge in [-0.25, -0.2) is 0 Å². The predicted molar refractivity (Wildman–Crippen MR) is 172 cm³/mol. The van der Waals surface area contributed by atoms with E-state index in [4.69, 9.17) is 4.74 Å². The number of amides is 4. The van der Waals surface area contributed by atoms with Crippen molar-refractivity contribution < 1.29 is 23.9 Å². The summed E-state index contributed by atoms with van der Waals surface area (Å²) in [5, 5.41) is 9.97. The van der Waals surface area contributed by atoms with Crippen molar-refractivity contribution in [1.29, 1.82) is 0 Å². The highest BCUT2D eigenvalue weighted by Crippen LogP contribution is 2.45. The fraction of sp³-hybridized carbons (Fsp3) is 0.457. The molecule has 0 aliphatic carbocycles. The van der Waals surface area contributed by atoms with Crippen molar-refractivity contribution in [3.63, 3.8) is 0 Å². The Hall–Kier alpha value is -4.51. The Labute approximate surface area is 270 Å². The standard InChI is InChI=1S/C35H44N6O5/c1-24(46-20-26-14-10-7-11-15-26)29(31(43)36-5)38-30(42)28-19-39(21-35(28)22-40(23-35)33(45)34(2,3)4)32(44)27-16-37-41(18-27)17-25-12-8-6-9-13-25/h6-16,18,24,28-29H,17,19-23H2,1-5H3,(H,36,43)(H,38,42)/t24-,28-,29+/m1/s1. The van der Waals surface area contributed by atoms with Crippen LogP contribution in [0.2, 0.25) is 0 Å². The van der Waals surface area contributed by atoms with Gasteiger partial charge in [-0.2, -0.15) is 5.10 Å². The topological polar surface area (TPSA) is 126 Å². The molecule has 1 aromatic heterocycles. The summed E-state index contributed by atoms with van der Waals surface area (Å²) in [6, 6.07) is 18.5. The molecule has 0 saturated carbocycles. The normalized spacial score (nSPS) is 18.5. The largest absolute Gasteiger partial charge is 0.371 e. The summed E-state index contributed by atoms with van der Waals surface area (Å²) in [5.74, 6) is -1.58. The number of nitrogens with one attached hydrogen (secondary N) is 2. The van der Waals surface area contributed by atoms with Crippen molar-refractivity contribution in [1.82, 2.24) is 30.2 Å². The quantitative estimate of drug-likeness (QED) is 0.356. The van der Waals surface area contributed by atoms with Crippen LogP contribution in [-0.4, -0.2) is 88.6 Å². The molecule has 2 fully saturated rings. The first-order chi connectivity index (χ1) is 21.9. The molecule has 3 aromatic rings. The zero-order valence-corrected chi connectivity index (χ0v) is 27.2. The monoisotopic (exact) mass is 628 g/mol. The first kappa shape index (κ1) is 32.9. The summed E-state index contributed by atoms with van der Waals surface area (Å²) in [6.07, 6.45) is 2.64. The highest BCUT2D eigenvalue weighted by atomic mass is 16.5. The summed E-state index contributed by atoms with van der Waals surface area (Å²) >= 11 is 0. The number of hydrogen-bond donors (Lipinski definition) is 2. The molecule has 3 atom stereocenters. The van der Waals surface area contributed by atoms with Crippen LogP contribution in [0.1, 0.15) is 49.2 Å². The average Bonchev–Trinajstić information content (AvgIpc) is 3.67. The summed E-state index contributed by atoms with van der Waals surface area (Å²) < 4.78 is 7.73. The van der Waals surface area contributed by atoms with E-state index in [0.717, 1.165) is 11.1 Å². The number of benzene rings is 2. The number of nitrogens with zero attached hydrogens (tertiary/aromatic N) is 4. The second-order valence-electron chi connectivity index (χ2n) is 13.5. The van der Waals surface area contributed by atoms with Gasteiger partial charge in [-0.3, -0.25) is 23.9 Å². The Morgan fingerprint density at radius 2 is 1.57 bits per heavy atom. The van der Waals surface area contributed by atoms with E-state index in [1.807, 2.05) is 81.4 Å². The maximum absolute atomic E-state index is 14.0. The van der Waals surface area contributed by atoms with E-state index in [2.05, 4.69) is 15.7 Å². The van der Waals surface area contributed by atoms with E-state index >= 15 is 0 Å². The van der Waals surface area contributed by atoms with Gasteiger partial charge in [0.05, 0.1) is 36.9 Å². The van der Waals surface area contributed by atoms with Crippen LogP contribution in [0, 0.1) is 16.7 Å². The Bertz CT molecular complexity index is 1540. The smallest absolute Gasteiger partial charge is 0.257 e. The van der Waals surface area contributed by atoms with Crippen LogP contribution in [0.25, 0.3) is 0 Å². The number of likely N-dealkylation sites (N-methyl/N-ethyl adjacent to an activating group) is 1. The molecule has 0 unspecified atom stereocenters. The molecule has 5 rings (SSSR count). The lowest BCUT2D eigenvalue weighted by atomic mass is 9.70. The Balaban J connectivity index is 1.32. The molecule has 2 aliphatic rings. The van der Waals surface area contributed by atoms with Gasteiger partial charge in [0, 0.05) is 50.3 Å². The number of hydrogen-bond acceptors (Lipinski definition) is 6. The van der Waals surface area contributed by atoms with E-state index in [9.17, 15) is 19.2 Å². The fourth-order valence-corrected chi connectivity index (χ4v) is 6.35. The second-order valence-corrected chi connectivity index (χ2v) is 13.5. The molecule has 0 radical (unpaired) electrons. The van der Waals surface area contributed by atoms with Gasteiger partial charge in [0.1, 0.15) is 6.04 Å². The Morgan fingerprint density at radius 3 is 2.17 bits per heavy atom. The Morgan fingerprint density at radius 1 is 0.957 bits per heavy atom. The van der Waals surface area contributed by atoms with Crippen LogP contribution in [0.15, 0.2) is 73.1 Å². The van der Waals surface area contributed by atoms with Crippen molar-refractivity contribution in [3.8, 4) is 0 Å². The molecular formula is C35H44N6O5. The summed E-state index contributed by atoms with van der Waals surface area (Å²) in [5.41, 5.74) is 1.23. The molecule has 11 nitrogen and oxygen atoms in total. The van der Waals surface area contributed by atoms with Gasteiger partial charge >= 0.3 is 0 Å². The predicted octanol–water partition coefficient (Wildman–Crippen LogP) is 2.71. The van der Waals surface area contributed by atoms with Crippen molar-refractivity contribution in [2.24, 2.45) is 16.7 Å². The van der Waals surface area contributed by atoms with Gasteiger partial charge in [0.2, 0.25) is 17.7 Å². The minimum atomic E-state index is -0.952. The van der Waals surface area contributed by atoms with E-state index in [0.29, 0.717) is 31.7 Å². The van der Waals surface area contributed by atoms with Gasteiger partial charge in [0.15, 0.2) is 0 Å². The van der Waals surface area contributed by atoms with Gasteiger partial charge in [0.25, 0.3) is 5.91 Å². The van der Waals surface area contributed by atoms with Crippen molar-refractivity contribution >= 4 is 23.6 Å². The van der Waals surface area contributed by atoms with E-state index in [-0.39, 0.29) is 36.8 Å². The van der Waals surface area contributed by atoms with Crippen LogP contribution in [0.4, 0.5) is 0 Å². The maximum atomic E-state index is 14.0. The number of likely N-dealkylation sites (tertiary alicyclic amines) is 2. The molecule has 2 aromatic carbocycles. The lowest BCUT2D eigenvalue weighted by molar-refractivity contribution is -0.157. The minimum absolute atomic E-state index is 0.00424. The van der Waals surface area contributed by atoms with Crippen LogP contribution in [0.5, 0.6) is 0 Å². The summed E-state index contributed by atoms with van der Waals surface area (Å²) in [7, 11) is 1.52. The number of carbonyl (C=O) groups is 4. The molecule has 2 N–H and O–H groups in total. The molecule has 46 heavy (non-hydrogen) atoms. The van der Waals surface area contributed by atoms with Gasteiger partial charge in [-0.15, -0.1) is 0 Å². The number of ether oxygens (including phenoxy) is 1. The molecule has 3 heterocycles. The van der Waals surface area contributed by atoms with E-state index in [1.54, 1.807) is 33.8 Å². The zero-order chi connectivity index (χ0) is 33.1. The van der Waals surface area contributed by atoms with Crippen LogP contribution < -0.4 is 10.6 Å². The van der Waals surface area contributed by atoms with Crippen molar-refractivity contribution in [3.05, 3.63) is 89.7 Å². The van der Waals surface area contributed by atoms with Crippen LogP contribution in [0.3, 0.4) is 0 Å². The first-order valence-electron chi connectivity index (χ1n) is 15.7. The lowest BCUT2D eigenvalue weighted by Gasteiger charge is -2.52. The van der Waals surface area contributed by atoms with Crippen LogP contribution >= 0.6 is 0 Å². The highest BCUT2D eigenvalue weighted by Gasteiger charge is 2.59. The minimum Gasteiger partial charge on any atom is -0.371 e.